The molecule has 1 aromatic heterocycles. The number of ether oxygens (including phenoxy) is 5. The van der Waals surface area contributed by atoms with Gasteiger partial charge in [0.25, 0.3) is 11.8 Å². The van der Waals surface area contributed by atoms with Gasteiger partial charge in [-0.25, -0.2) is 19.8 Å². The molecule has 26 heteroatoms. The van der Waals surface area contributed by atoms with Crippen LogP contribution in [0.3, 0.4) is 0 Å². The van der Waals surface area contributed by atoms with Crippen molar-refractivity contribution in [3.05, 3.63) is 64.3 Å². The number of hydrogen-bond acceptors (Lipinski definition) is 20. The minimum Gasteiger partial charge on any atom is -0.495 e. The number of nitrogens with one attached hydrogen (secondary N) is 2. The third-order valence-electron chi connectivity index (χ3n) is 14.8. The van der Waals surface area contributed by atoms with E-state index in [-0.39, 0.29) is 92.5 Å². The molecule has 0 spiro atoms. The minimum absolute atomic E-state index is 0.00645. The number of amides is 6. The summed E-state index contributed by atoms with van der Waals surface area (Å²) in [5.41, 5.74) is 2.77. The molecule has 442 valence electrons. The largest absolute Gasteiger partial charge is 0.495 e. The number of esters is 1. The van der Waals surface area contributed by atoms with Crippen LogP contribution in [0.4, 0.5) is 10.5 Å². The summed E-state index contributed by atoms with van der Waals surface area (Å²) in [5.74, 6) is -3.38. The second-order valence-corrected chi connectivity index (χ2v) is 25.1. The lowest BCUT2D eigenvalue weighted by atomic mass is 9.83. The van der Waals surface area contributed by atoms with E-state index >= 15 is 0 Å². The van der Waals surface area contributed by atoms with Gasteiger partial charge in [-0.2, -0.15) is 5.10 Å². The maximum Gasteiger partial charge on any atom is 0.409 e. The van der Waals surface area contributed by atoms with Gasteiger partial charge in [-0.05, 0) is 89.5 Å². The van der Waals surface area contributed by atoms with E-state index in [1.807, 2.05) is 40.7 Å². The maximum absolute atomic E-state index is 14.4. The van der Waals surface area contributed by atoms with Gasteiger partial charge in [0.1, 0.15) is 40.8 Å². The maximum atomic E-state index is 14.4. The number of likely N-dealkylation sites (N-methyl/N-ethyl adjacent to an activating group) is 1. The summed E-state index contributed by atoms with van der Waals surface area (Å²) in [7, 11) is 8.84. The van der Waals surface area contributed by atoms with E-state index in [0.29, 0.717) is 46.5 Å². The molecule has 23 nitrogen and oxygen atoms in total. The van der Waals surface area contributed by atoms with E-state index in [2.05, 4.69) is 26.0 Å². The SMILES string of the molecule is COc1cc2cc(c1Cl)N(C)C(=O)C[C@H](OC(=O)[C@H](C)N(C)C(=O)CCSSC(C)(C)CC(=O)N/N=C(/C)c1ccc(OCCCC(=O)ON3C(=O)CCC3=O)nn1)[C@@]1(C)C[C@H]1[C@H](C)[C@@H]1C[C@@](O)(NC(=O)O1)[C@H](OC)/C=C/C=C(\C)C2. The Morgan fingerprint density at radius 3 is 2.46 bits per heavy atom. The number of carbonyl (C=O) groups is 8. The molecule has 3 aliphatic heterocycles. The number of rotatable bonds is 20. The van der Waals surface area contributed by atoms with E-state index in [9.17, 15) is 43.5 Å². The van der Waals surface area contributed by atoms with Crippen molar-refractivity contribution in [2.75, 3.05) is 45.6 Å². The minimum atomic E-state index is -1.83. The number of carbonyl (C=O) groups excluding carboxylic acids is 8. The molecule has 2 saturated heterocycles. The fourth-order valence-electron chi connectivity index (χ4n) is 9.73. The topological polar surface area (TPSA) is 284 Å². The molecular weight excluding hydrogens is 1110 g/mol. The summed E-state index contributed by atoms with van der Waals surface area (Å²) in [4.78, 5) is 111. The van der Waals surface area contributed by atoms with Gasteiger partial charge in [0.05, 0.1) is 38.0 Å². The van der Waals surface area contributed by atoms with E-state index in [4.69, 9.17) is 40.1 Å². The molecule has 8 atom stereocenters. The second-order valence-electron chi connectivity index (χ2n) is 21.6. The number of fused-ring (bicyclic) bond motifs is 5. The highest BCUT2D eigenvalue weighted by Gasteiger charge is 2.62. The Bertz CT molecular complexity index is 2790. The second kappa shape index (κ2) is 27.7. The predicted octanol–water partition coefficient (Wildman–Crippen LogP) is 6.42. The third-order valence-corrected chi connectivity index (χ3v) is 18.5. The van der Waals surface area contributed by atoms with Crippen molar-refractivity contribution in [1.82, 2.24) is 30.9 Å². The fraction of sp³-hybridized carbons (Fsp3) is 0.582. The van der Waals surface area contributed by atoms with Gasteiger partial charge in [-0.15, -0.1) is 15.3 Å². The van der Waals surface area contributed by atoms with Crippen molar-refractivity contribution in [1.29, 1.82) is 0 Å². The van der Waals surface area contributed by atoms with Crippen molar-refractivity contribution < 1.29 is 72.0 Å². The Morgan fingerprint density at radius 2 is 1.79 bits per heavy atom. The Balaban J connectivity index is 1.02. The molecule has 4 bridgehead atoms. The van der Waals surface area contributed by atoms with Gasteiger partial charge in [0, 0.05) is 75.3 Å². The first-order chi connectivity index (χ1) is 38.2. The number of allylic oxidation sites excluding steroid dienone is 3. The quantitative estimate of drug-likeness (QED) is 0.0322. The van der Waals surface area contributed by atoms with Crippen LogP contribution in [0.25, 0.3) is 0 Å². The molecule has 4 aliphatic rings. The van der Waals surface area contributed by atoms with Gasteiger partial charge < -0.3 is 43.4 Å². The van der Waals surface area contributed by atoms with E-state index in [1.165, 1.54) is 52.7 Å². The monoisotopic (exact) mass is 1180 g/mol. The van der Waals surface area contributed by atoms with E-state index in [1.54, 1.807) is 57.3 Å². The van der Waals surface area contributed by atoms with Crippen molar-refractivity contribution in [2.45, 2.75) is 148 Å². The number of benzene rings is 1. The molecule has 4 heterocycles. The number of hydrazone groups is 1. The van der Waals surface area contributed by atoms with Crippen LogP contribution < -0.4 is 25.1 Å². The summed E-state index contributed by atoms with van der Waals surface area (Å²) in [5, 5.41) is 27.4. The number of hydroxylamine groups is 2. The molecular formula is C55H73ClN8O15S2. The molecule has 6 rings (SSSR count). The molecule has 81 heavy (non-hydrogen) atoms. The number of methoxy groups -OCH3 is 2. The predicted molar refractivity (Wildman–Crippen MR) is 302 cm³/mol. The Morgan fingerprint density at radius 1 is 1.07 bits per heavy atom. The van der Waals surface area contributed by atoms with Gasteiger partial charge in [0.2, 0.25) is 23.6 Å². The Hall–Kier alpha value is -6.28. The van der Waals surface area contributed by atoms with Crippen LogP contribution in [-0.4, -0.2) is 154 Å². The number of halogens is 1. The Labute approximate surface area is 484 Å². The van der Waals surface area contributed by atoms with Crippen molar-refractivity contribution in [3.63, 3.8) is 0 Å². The van der Waals surface area contributed by atoms with Crippen LogP contribution in [0, 0.1) is 17.3 Å². The third kappa shape index (κ3) is 16.7. The number of aromatic nitrogens is 2. The summed E-state index contributed by atoms with van der Waals surface area (Å²) in [6, 6.07) is 5.69. The highest BCUT2D eigenvalue weighted by atomic mass is 35.5. The molecule has 6 amide bonds. The number of nitrogens with zero attached hydrogens (tertiary/aromatic N) is 6. The summed E-state index contributed by atoms with van der Waals surface area (Å²) in [6.07, 6.45) is 2.68. The number of hydrogen-bond donors (Lipinski definition) is 3. The zero-order chi connectivity index (χ0) is 59.6. The van der Waals surface area contributed by atoms with E-state index < -0.39 is 76.0 Å². The number of aliphatic hydroxyl groups is 1. The van der Waals surface area contributed by atoms with Crippen molar-refractivity contribution in [3.8, 4) is 11.6 Å². The fourth-order valence-corrected chi connectivity index (χ4v) is 12.5. The van der Waals surface area contributed by atoms with Crippen LogP contribution in [0.1, 0.15) is 118 Å². The average molecular weight is 1190 g/mol. The normalized spacial score (nSPS) is 25.8. The molecule has 0 unspecified atom stereocenters. The van der Waals surface area contributed by atoms with E-state index in [0.717, 1.165) is 11.1 Å². The summed E-state index contributed by atoms with van der Waals surface area (Å²) >= 11 is 6.85. The van der Waals surface area contributed by atoms with Crippen molar-refractivity contribution >= 4 is 92.2 Å². The molecule has 1 aliphatic carbocycles. The van der Waals surface area contributed by atoms with Crippen LogP contribution in [0.2, 0.25) is 5.02 Å². The molecule has 2 aromatic rings. The first-order valence-corrected chi connectivity index (χ1v) is 29.2. The first-order valence-electron chi connectivity index (χ1n) is 26.5. The van der Waals surface area contributed by atoms with Gasteiger partial charge in [-0.3, -0.25) is 29.3 Å². The standard InChI is InChI=1S/C55H73ClN8O15S2/c1-31-14-12-15-41(75-11)55(73)29-40(77-52(72)57-55)32(2)36-28-54(36,7)42(27-48(69)63(9)38-25-35(24-31)26-39(74-10)50(38)56)78-51(71)34(4)62(8)45(66)21-23-80-81-53(5,6)30-43(65)60-58-33(3)37-17-18-44(61-59-37)76-22-13-16-49(70)79-64-46(67)19-20-47(64)68/h12,14-15,17-18,25-26,32,34,36,40-42,73H,13,16,19-24,27-30H2,1-11H3,(H,57,72)(H,60,65)/b15-12+,31-14+,58-33-/t32-,34-,36-,40-,41+,42-,54-,55-/m0/s1. The highest BCUT2D eigenvalue weighted by Crippen LogP contribution is 2.61. The Kier molecular flexibility index (Phi) is 21.8. The molecule has 3 N–H and O–H groups in total. The lowest BCUT2D eigenvalue weighted by molar-refractivity contribution is -0.197. The van der Waals surface area contributed by atoms with Crippen LogP contribution in [0.15, 0.2) is 53.2 Å². The van der Waals surface area contributed by atoms with Crippen LogP contribution >= 0.6 is 33.2 Å². The van der Waals surface area contributed by atoms with Crippen molar-refractivity contribution in [2.24, 2.45) is 22.4 Å². The summed E-state index contributed by atoms with van der Waals surface area (Å²) in [6.45, 7) is 12.8. The van der Waals surface area contributed by atoms with Gasteiger partial charge >= 0.3 is 18.0 Å². The van der Waals surface area contributed by atoms with Gasteiger partial charge in [0.15, 0.2) is 5.72 Å². The molecule has 3 fully saturated rings. The number of imide groups is 1. The zero-order valence-electron chi connectivity index (χ0n) is 47.5. The zero-order valence-corrected chi connectivity index (χ0v) is 49.9. The molecule has 0 radical (unpaired) electrons. The number of anilines is 1. The lowest BCUT2D eigenvalue weighted by Gasteiger charge is -2.42. The van der Waals surface area contributed by atoms with Crippen LogP contribution in [-0.2, 0) is 59.0 Å². The molecule has 1 aromatic carbocycles. The lowest BCUT2D eigenvalue weighted by Crippen LogP contribution is -2.63. The number of alkyl carbamates (subject to hydrolysis) is 1. The molecule has 1 saturated carbocycles. The first kappa shape index (κ1) is 63.9. The summed E-state index contributed by atoms with van der Waals surface area (Å²) < 4.78 is 28.4. The van der Waals surface area contributed by atoms with Crippen LogP contribution in [0.5, 0.6) is 11.6 Å². The highest BCUT2D eigenvalue weighted by molar-refractivity contribution is 8.77. The average Bonchev–Trinajstić information content (AvgIpc) is 4.01. The van der Waals surface area contributed by atoms with Gasteiger partial charge in [-0.1, -0.05) is 70.8 Å². The smallest absolute Gasteiger partial charge is 0.409 e.